The minimum absolute atomic E-state index is 0.0237. The van der Waals surface area contributed by atoms with Crippen LogP contribution in [0.2, 0.25) is 0 Å². The standard InChI is InChI=1S/C22H32N6O/c1-17-7-5-8-20(18(17)2)27-11-13-28(14-12-27)22(29)19-15-21(25-16-24-19)23-9-6-10-26(3)4/h5,7-8,15-16H,6,9-14H2,1-4H3,(H,23,24,25). The van der Waals surface area contributed by atoms with Gasteiger partial charge in [0, 0.05) is 44.5 Å². The molecule has 7 heteroatoms. The predicted molar refractivity (Wildman–Crippen MR) is 118 cm³/mol. The van der Waals surface area contributed by atoms with E-state index in [-0.39, 0.29) is 5.91 Å². The SMILES string of the molecule is Cc1cccc(N2CCN(C(=O)c3cc(NCCCN(C)C)ncn3)CC2)c1C. The summed E-state index contributed by atoms with van der Waals surface area (Å²) in [6.45, 7) is 9.18. The number of amides is 1. The van der Waals surface area contributed by atoms with Crippen molar-refractivity contribution in [2.24, 2.45) is 0 Å². The first-order chi connectivity index (χ1) is 14.0. The highest BCUT2D eigenvalue weighted by Gasteiger charge is 2.24. The molecule has 1 N–H and O–H groups in total. The molecule has 0 spiro atoms. The molecule has 1 aromatic carbocycles. The number of carbonyl (C=O) groups is 1. The van der Waals surface area contributed by atoms with Gasteiger partial charge in [-0.2, -0.15) is 0 Å². The van der Waals surface area contributed by atoms with Gasteiger partial charge in [-0.25, -0.2) is 9.97 Å². The van der Waals surface area contributed by atoms with Crippen LogP contribution in [0.1, 0.15) is 28.0 Å². The number of hydrogen-bond donors (Lipinski definition) is 1. The summed E-state index contributed by atoms with van der Waals surface area (Å²) in [5.41, 5.74) is 4.33. The average Bonchev–Trinajstić information content (AvgIpc) is 2.73. The maximum absolute atomic E-state index is 12.9. The molecule has 1 amide bonds. The number of nitrogens with one attached hydrogen (secondary N) is 1. The number of carbonyl (C=O) groups excluding carboxylic acids is 1. The fraction of sp³-hybridized carbons (Fsp3) is 0.500. The normalized spacial score (nSPS) is 14.4. The largest absolute Gasteiger partial charge is 0.370 e. The van der Waals surface area contributed by atoms with E-state index in [2.05, 4.69) is 71.2 Å². The molecule has 156 valence electrons. The fourth-order valence-electron chi connectivity index (χ4n) is 3.57. The Balaban J connectivity index is 1.56. The van der Waals surface area contributed by atoms with E-state index in [0.717, 1.165) is 32.6 Å². The maximum Gasteiger partial charge on any atom is 0.272 e. The average molecular weight is 397 g/mol. The lowest BCUT2D eigenvalue weighted by atomic mass is 10.1. The second kappa shape index (κ2) is 9.69. The van der Waals surface area contributed by atoms with E-state index >= 15 is 0 Å². The van der Waals surface area contributed by atoms with Gasteiger partial charge in [0.1, 0.15) is 17.8 Å². The summed E-state index contributed by atoms with van der Waals surface area (Å²) >= 11 is 0. The van der Waals surface area contributed by atoms with Gasteiger partial charge in [-0.1, -0.05) is 12.1 Å². The Morgan fingerprint density at radius 1 is 1.14 bits per heavy atom. The predicted octanol–water partition coefficient (Wildman–Crippen LogP) is 2.42. The van der Waals surface area contributed by atoms with Gasteiger partial charge in [0.25, 0.3) is 5.91 Å². The highest BCUT2D eigenvalue weighted by molar-refractivity contribution is 5.93. The molecule has 0 bridgehead atoms. The molecule has 1 fully saturated rings. The molecule has 1 aromatic heterocycles. The van der Waals surface area contributed by atoms with Crippen LogP contribution < -0.4 is 10.2 Å². The number of rotatable bonds is 7. The summed E-state index contributed by atoms with van der Waals surface area (Å²) in [7, 11) is 4.11. The molecule has 29 heavy (non-hydrogen) atoms. The Kier molecular flexibility index (Phi) is 7.04. The molecule has 1 saturated heterocycles. The Morgan fingerprint density at radius 2 is 1.90 bits per heavy atom. The molecule has 0 radical (unpaired) electrons. The zero-order valence-electron chi connectivity index (χ0n) is 18.0. The molecule has 2 aromatic rings. The van der Waals surface area contributed by atoms with Crippen molar-refractivity contribution in [2.45, 2.75) is 20.3 Å². The Morgan fingerprint density at radius 3 is 2.62 bits per heavy atom. The number of aryl methyl sites for hydroxylation is 1. The van der Waals surface area contributed by atoms with Gasteiger partial charge in [0.15, 0.2) is 0 Å². The first-order valence-corrected chi connectivity index (χ1v) is 10.3. The number of piperazine rings is 1. The molecule has 2 heterocycles. The van der Waals surface area contributed by atoms with Crippen LogP contribution in [0.25, 0.3) is 0 Å². The second-order valence-electron chi connectivity index (χ2n) is 7.87. The van der Waals surface area contributed by atoms with E-state index in [1.165, 1.54) is 23.1 Å². The number of aromatic nitrogens is 2. The smallest absolute Gasteiger partial charge is 0.272 e. The second-order valence-corrected chi connectivity index (χ2v) is 7.87. The third-order valence-corrected chi connectivity index (χ3v) is 5.46. The minimum Gasteiger partial charge on any atom is -0.370 e. The number of nitrogens with zero attached hydrogens (tertiary/aromatic N) is 5. The van der Waals surface area contributed by atoms with E-state index in [4.69, 9.17) is 0 Å². The molecule has 0 saturated carbocycles. The summed E-state index contributed by atoms with van der Waals surface area (Å²) in [5, 5.41) is 3.28. The van der Waals surface area contributed by atoms with Crippen LogP contribution in [-0.4, -0.2) is 79.0 Å². The van der Waals surface area contributed by atoms with Crippen molar-refractivity contribution in [3.8, 4) is 0 Å². The van der Waals surface area contributed by atoms with Gasteiger partial charge in [-0.3, -0.25) is 4.79 Å². The maximum atomic E-state index is 12.9. The molecule has 0 atom stereocenters. The highest BCUT2D eigenvalue weighted by atomic mass is 16.2. The first kappa shape index (κ1) is 21.0. The van der Waals surface area contributed by atoms with Crippen molar-refractivity contribution < 1.29 is 4.79 Å². The van der Waals surface area contributed by atoms with Crippen molar-refractivity contribution in [1.82, 2.24) is 19.8 Å². The van der Waals surface area contributed by atoms with Crippen molar-refractivity contribution in [3.63, 3.8) is 0 Å². The number of hydrogen-bond acceptors (Lipinski definition) is 6. The third kappa shape index (κ3) is 5.44. The van der Waals surface area contributed by atoms with Crippen molar-refractivity contribution in [2.75, 3.05) is 63.6 Å². The molecule has 7 nitrogen and oxygen atoms in total. The number of anilines is 2. The Bertz CT molecular complexity index is 830. The van der Waals surface area contributed by atoms with Gasteiger partial charge in [0.2, 0.25) is 0 Å². The summed E-state index contributed by atoms with van der Waals surface area (Å²) < 4.78 is 0. The topological polar surface area (TPSA) is 64.6 Å². The van der Waals surface area contributed by atoms with Gasteiger partial charge in [0.05, 0.1) is 0 Å². The Hall–Kier alpha value is -2.67. The van der Waals surface area contributed by atoms with Crippen molar-refractivity contribution in [1.29, 1.82) is 0 Å². The number of benzene rings is 1. The van der Waals surface area contributed by atoms with E-state index in [0.29, 0.717) is 24.6 Å². The van der Waals surface area contributed by atoms with Gasteiger partial charge >= 0.3 is 0 Å². The zero-order valence-corrected chi connectivity index (χ0v) is 18.0. The van der Waals surface area contributed by atoms with Gasteiger partial charge in [-0.15, -0.1) is 0 Å². The van der Waals surface area contributed by atoms with E-state index in [9.17, 15) is 4.79 Å². The van der Waals surface area contributed by atoms with Crippen molar-refractivity contribution >= 4 is 17.4 Å². The summed E-state index contributed by atoms with van der Waals surface area (Å²) in [5.74, 6) is 0.681. The first-order valence-electron chi connectivity index (χ1n) is 10.3. The molecular formula is C22H32N6O. The highest BCUT2D eigenvalue weighted by Crippen LogP contribution is 2.24. The Labute approximate surface area is 173 Å². The minimum atomic E-state index is -0.0237. The van der Waals surface area contributed by atoms with Gasteiger partial charge in [-0.05, 0) is 58.1 Å². The van der Waals surface area contributed by atoms with E-state index in [1.54, 1.807) is 6.07 Å². The van der Waals surface area contributed by atoms with Crippen LogP contribution in [0.4, 0.5) is 11.5 Å². The monoisotopic (exact) mass is 396 g/mol. The zero-order chi connectivity index (χ0) is 20.8. The molecular weight excluding hydrogens is 364 g/mol. The van der Waals surface area contributed by atoms with Crippen LogP contribution >= 0.6 is 0 Å². The molecule has 0 unspecified atom stereocenters. The summed E-state index contributed by atoms with van der Waals surface area (Å²) in [4.78, 5) is 27.8. The van der Waals surface area contributed by atoms with E-state index in [1.807, 2.05) is 4.90 Å². The van der Waals surface area contributed by atoms with E-state index < -0.39 is 0 Å². The lowest BCUT2D eigenvalue weighted by molar-refractivity contribution is 0.0740. The van der Waals surface area contributed by atoms with Crippen LogP contribution in [0.3, 0.4) is 0 Å². The summed E-state index contributed by atoms with van der Waals surface area (Å²) in [6.07, 6.45) is 2.48. The third-order valence-electron chi connectivity index (χ3n) is 5.46. The van der Waals surface area contributed by atoms with Crippen LogP contribution in [0.15, 0.2) is 30.6 Å². The lowest BCUT2D eigenvalue weighted by Crippen LogP contribution is -2.49. The van der Waals surface area contributed by atoms with Crippen molar-refractivity contribution in [3.05, 3.63) is 47.4 Å². The molecule has 3 rings (SSSR count). The summed E-state index contributed by atoms with van der Waals surface area (Å²) in [6, 6.07) is 8.16. The molecule has 1 aliphatic heterocycles. The quantitative estimate of drug-likeness (QED) is 0.725. The molecule has 0 aliphatic carbocycles. The van der Waals surface area contributed by atoms with Crippen LogP contribution in [0.5, 0.6) is 0 Å². The lowest BCUT2D eigenvalue weighted by Gasteiger charge is -2.37. The van der Waals surface area contributed by atoms with Crippen LogP contribution in [-0.2, 0) is 0 Å². The fourth-order valence-corrected chi connectivity index (χ4v) is 3.57. The van der Waals surface area contributed by atoms with Crippen LogP contribution in [0, 0.1) is 13.8 Å². The van der Waals surface area contributed by atoms with Gasteiger partial charge < -0.3 is 20.0 Å². The molecule has 1 aliphatic rings.